The molecule has 0 saturated carbocycles. The van der Waals surface area contributed by atoms with Crippen molar-refractivity contribution in [3.63, 3.8) is 0 Å². The van der Waals surface area contributed by atoms with Gasteiger partial charge in [-0.05, 0) is 103 Å². The Kier molecular flexibility index (Phi) is 29.8. The molecule has 0 bridgehead atoms. The van der Waals surface area contributed by atoms with E-state index in [2.05, 4.69) is 26.0 Å². The first-order chi connectivity index (χ1) is 27.1. The molecular weight excluding hydrogens is 714 g/mol. The van der Waals surface area contributed by atoms with Crippen molar-refractivity contribution >= 4 is 23.9 Å². The molecule has 11 nitrogen and oxygen atoms in total. The van der Waals surface area contributed by atoms with E-state index >= 15 is 0 Å². The van der Waals surface area contributed by atoms with Crippen LogP contribution in [0.3, 0.4) is 0 Å². The average molecular weight is 788 g/mol. The Hall–Kier alpha value is -3.86. The topological polar surface area (TPSA) is 127 Å². The van der Waals surface area contributed by atoms with Crippen molar-refractivity contribution in [2.45, 2.75) is 142 Å². The number of esters is 4. The SMILES string of the molecule is CCCCCC/C=C/COC(=O)CCCC(CCCC(=O)OC/C=C/CCCCCC)CCCC(=O)Oc1c(OC)cc(C(=O)OCCCN(C)C)cc1OC. The molecule has 0 saturated heterocycles. The fourth-order valence-electron chi connectivity index (χ4n) is 6.11. The van der Waals surface area contributed by atoms with Gasteiger partial charge in [-0.3, -0.25) is 14.4 Å². The lowest BCUT2D eigenvalue weighted by molar-refractivity contribution is -0.143. The molecule has 0 amide bonds. The summed E-state index contributed by atoms with van der Waals surface area (Å²) in [6.45, 7) is 6.00. The van der Waals surface area contributed by atoms with Crippen LogP contribution in [0.5, 0.6) is 17.2 Å². The first kappa shape index (κ1) is 50.2. The number of hydrogen-bond acceptors (Lipinski definition) is 11. The van der Waals surface area contributed by atoms with Crippen molar-refractivity contribution in [2.24, 2.45) is 5.92 Å². The van der Waals surface area contributed by atoms with Gasteiger partial charge in [0.25, 0.3) is 0 Å². The summed E-state index contributed by atoms with van der Waals surface area (Å²) in [4.78, 5) is 52.6. The number of carbonyl (C=O) groups is 4. The fraction of sp³-hybridized carbons (Fsp3) is 0.689. The van der Waals surface area contributed by atoms with E-state index in [0.29, 0.717) is 44.9 Å². The zero-order valence-corrected chi connectivity index (χ0v) is 35.5. The molecule has 1 aromatic carbocycles. The zero-order chi connectivity index (χ0) is 41.2. The minimum absolute atomic E-state index is 0.0930. The van der Waals surface area contributed by atoms with E-state index in [1.165, 1.54) is 64.9 Å². The largest absolute Gasteiger partial charge is 0.493 e. The molecule has 0 aliphatic carbocycles. The van der Waals surface area contributed by atoms with Crippen LogP contribution in [0.1, 0.15) is 153 Å². The lowest BCUT2D eigenvalue weighted by atomic mass is 9.91. The molecule has 1 aromatic rings. The van der Waals surface area contributed by atoms with Crippen LogP contribution in [0.4, 0.5) is 0 Å². The number of allylic oxidation sites excluding steroid dienone is 2. The number of rotatable bonds is 34. The summed E-state index contributed by atoms with van der Waals surface area (Å²) >= 11 is 0. The Balaban J connectivity index is 2.71. The molecule has 0 heterocycles. The maximum absolute atomic E-state index is 13.0. The van der Waals surface area contributed by atoms with Gasteiger partial charge in [0.15, 0.2) is 11.5 Å². The van der Waals surface area contributed by atoms with E-state index in [0.717, 1.165) is 45.1 Å². The van der Waals surface area contributed by atoms with Gasteiger partial charge in [0.1, 0.15) is 13.2 Å². The Morgan fingerprint density at radius 1 is 0.607 bits per heavy atom. The third-order valence-corrected chi connectivity index (χ3v) is 9.34. The monoisotopic (exact) mass is 788 g/mol. The minimum atomic E-state index is -0.527. The summed E-state index contributed by atoms with van der Waals surface area (Å²) in [6, 6.07) is 2.95. The number of benzene rings is 1. The molecule has 0 atom stereocenters. The standard InChI is InChI=1S/C45H73NO10/c1-7-9-11-13-15-17-19-32-53-41(47)28-21-25-37(26-22-29-42(48)54-33-20-18-16-14-12-10-8-2)27-23-30-43(49)56-44-39(51-5)35-38(36-40(44)52-6)45(50)55-34-24-31-46(3)4/h17-20,35-37H,7-16,21-34H2,1-6H3/b19-17+,20-18+. The van der Waals surface area contributed by atoms with Crippen molar-refractivity contribution in [3.8, 4) is 17.2 Å². The van der Waals surface area contributed by atoms with Gasteiger partial charge >= 0.3 is 23.9 Å². The van der Waals surface area contributed by atoms with Crippen LogP contribution in [-0.4, -0.2) is 83.5 Å². The van der Waals surface area contributed by atoms with Crippen LogP contribution >= 0.6 is 0 Å². The second-order valence-corrected chi connectivity index (χ2v) is 14.5. The number of methoxy groups -OCH3 is 2. The summed E-state index contributed by atoms with van der Waals surface area (Å²) in [5, 5.41) is 0. The lowest BCUT2D eigenvalue weighted by Crippen LogP contribution is -2.16. The summed E-state index contributed by atoms with van der Waals surface area (Å²) in [5.41, 5.74) is 0.225. The van der Waals surface area contributed by atoms with Crippen molar-refractivity contribution in [1.29, 1.82) is 0 Å². The lowest BCUT2D eigenvalue weighted by Gasteiger charge is -2.17. The molecule has 0 N–H and O–H groups in total. The first-order valence-electron chi connectivity index (χ1n) is 21.0. The van der Waals surface area contributed by atoms with Crippen molar-refractivity contribution in [1.82, 2.24) is 4.90 Å². The van der Waals surface area contributed by atoms with Crippen LogP contribution in [0, 0.1) is 5.92 Å². The van der Waals surface area contributed by atoms with Gasteiger partial charge in [-0.2, -0.15) is 0 Å². The molecule has 0 radical (unpaired) electrons. The van der Waals surface area contributed by atoms with E-state index in [1.807, 2.05) is 31.1 Å². The molecular formula is C45H73NO10. The number of ether oxygens (including phenoxy) is 6. The van der Waals surface area contributed by atoms with E-state index in [-0.39, 0.29) is 66.9 Å². The van der Waals surface area contributed by atoms with Crippen LogP contribution in [-0.2, 0) is 28.6 Å². The molecule has 0 unspecified atom stereocenters. The molecule has 11 heteroatoms. The van der Waals surface area contributed by atoms with Gasteiger partial charge in [0, 0.05) is 25.8 Å². The first-order valence-corrected chi connectivity index (χ1v) is 21.0. The van der Waals surface area contributed by atoms with Crippen molar-refractivity contribution < 1.29 is 47.6 Å². The van der Waals surface area contributed by atoms with E-state index in [1.54, 1.807) is 0 Å². The fourth-order valence-corrected chi connectivity index (χ4v) is 6.11. The molecule has 0 spiro atoms. The Labute approximate surface area is 337 Å². The predicted octanol–water partition coefficient (Wildman–Crippen LogP) is 9.98. The molecule has 0 aromatic heterocycles. The zero-order valence-electron chi connectivity index (χ0n) is 35.5. The van der Waals surface area contributed by atoms with Gasteiger partial charge in [0.05, 0.1) is 26.4 Å². The molecule has 0 fully saturated rings. The number of hydrogen-bond donors (Lipinski definition) is 0. The average Bonchev–Trinajstić information content (AvgIpc) is 3.18. The summed E-state index contributed by atoms with van der Waals surface area (Å²) in [5.74, 6) is -0.798. The highest BCUT2D eigenvalue weighted by atomic mass is 16.6. The highest BCUT2D eigenvalue weighted by molar-refractivity contribution is 5.91. The van der Waals surface area contributed by atoms with Crippen LogP contribution in [0.2, 0.25) is 0 Å². The molecule has 0 aliphatic rings. The number of nitrogens with zero attached hydrogens (tertiary/aromatic N) is 1. The summed E-state index contributed by atoms with van der Waals surface area (Å²) in [7, 11) is 6.75. The Bertz CT molecular complexity index is 1220. The molecule has 0 aliphatic heterocycles. The highest BCUT2D eigenvalue weighted by Gasteiger charge is 2.22. The quantitative estimate of drug-likeness (QED) is 0.0218. The van der Waals surface area contributed by atoms with Gasteiger partial charge in [0.2, 0.25) is 5.75 Å². The third kappa shape index (κ3) is 25.3. The summed E-state index contributed by atoms with van der Waals surface area (Å²) < 4.78 is 32.8. The third-order valence-electron chi connectivity index (χ3n) is 9.34. The van der Waals surface area contributed by atoms with Crippen LogP contribution < -0.4 is 14.2 Å². The van der Waals surface area contributed by atoms with E-state index in [4.69, 9.17) is 28.4 Å². The van der Waals surface area contributed by atoms with Gasteiger partial charge in [-0.15, -0.1) is 0 Å². The van der Waals surface area contributed by atoms with Crippen LogP contribution in [0.25, 0.3) is 0 Å². The van der Waals surface area contributed by atoms with Gasteiger partial charge in [-0.25, -0.2) is 4.79 Å². The van der Waals surface area contributed by atoms with Gasteiger partial charge < -0.3 is 33.3 Å². The maximum Gasteiger partial charge on any atom is 0.338 e. The Morgan fingerprint density at radius 3 is 1.54 bits per heavy atom. The minimum Gasteiger partial charge on any atom is -0.493 e. The number of unbranched alkanes of at least 4 members (excludes halogenated alkanes) is 8. The normalized spacial score (nSPS) is 11.4. The molecule has 1 rings (SSSR count). The second-order valence-electron chi connectivity index (χ2n) is 14.5. The predicted molar refractivity (Wildman–Crippen MR) is 221 cm³/mol. The van der Waals surface area contributed by atoms with E-state index in [9.17, 15) is 19.2 Å². The van der Waals surface area contributed by atoms with E-state index < -0.39 is 11.9 Å². The number of carbonyl (C=O) groups excluding carboxylic acids is 4. The maximum atomic E-state index is 13.0. The Morgan fingerprint density at radius 2 is 1.09 bits per heavy atom. The smallest absolute Gasteiger partial charge is 0.338 e. The summed E-state index contributed by atoms with van der Waals surface area (Å²) in [6.07, 6.45) is 25.2. The molecule has 318 valence electrons. The van der Waals surface area contributed by atoms with Crippen molar-refractivity contribution in [2.75, 3.05) is 54.7 Å². The highest BCUT2D eigenvalue weighted by Crippen LogP contribution is 2.39. The van der Waals surface area contributed by atoms with Crippen LogP contribution in [0.15, 0.2) is 36.4 Å². The molecule has 56 heavy (non-hydrogen) atoms. The second kappa shape index (κ2) is 33.3. The van der Waals surface area contributed by atoms with Gasteiger partial charge in [-0.1, -0.05) is 76.7 Å². The van der Waals surface area contributed by atoms with Crippen molar-refractivity contribution in [3.05, 3.63) is 42.0 Å².